The molecule has 0 aliphatic carbocycles. The van der Waals surface area contributed by atoms with E-state index < -0.39 is 0 Å². The van der Waals surface area contributed by atoms with Crippen LogP contribution in [0.3, 0.4) is 0 Å². The molecule has 0 saturated carbocycles. The predicted molar refractivity (Wildman–Crippen MR) is 140 cm³/mol. The number of benzene rings is 3. The highest BCUT2D eigenvalue weighted by Crippen LogP contribution is 2.32. The molecule has 6 rings (SSSR count). The zero-order chi connectivity index (χ0) is 24.3. The summed E-state index contributed by atoms with van der Waals surface area (Å²) < 4.78 is 17.2. The molecule has 2 aromatic heterocycles. The molecule has 0 radical (unpaired) electrons. The fourth-order valence-corrected chi connectivity index (χ4v) is 4.37. The number of pyridine rings is 1. The molecule has 3 heterocycles. The van der Waals surface area contributed by atoms with E-state index in [-0.39, 0.29) is 0 Å². The second kappa shape index (κ2) is 9.89. The molecular weight excluding hydrogens is 476 g/mol. The van der Waals surface area contributed by atoms with E-state index in [0.717, 1.165) is 49.1 Å². The fraction of sp³-hybridized carbons (Fsp3) is 0.143. The van der Waals surface area contributed by atoms with Gasteiger partial charge in [-0.2, -0.15) is 4.98 Å². The van der Waals surface area contributed by atoms with Crippen LogP contribution in [-0.2, 0) is 4.74 Å². The summed E-state index contributed by atoms with van der Waals surface area (Å²) in [4.78, 5) is 14.7. The average Bonchev–Trinajstić information content (AvgIpc) is 3.31. The summed E-state index contributed by atoms with van der Waals surface area (Å²) in [6, 6.07) is 27.4. The van der Waals surface area contributed by atoms with Crippen molar-refractivity contribution in [1.82, 2.24) is 15.0 Å². The number of nitrogens with zero attached hydrogens (tertiary/aromatic N) is 3. The van der Waals surface area contributed by atoms with E-state index in [1.165, 1.54) is 0 Å². The number of H-pyrrole nitrogens is 1. The quantitative estimate of drug-likeness (QED) is 0.281. The topological polar surface area (TPSA) is 72.5 Å². The number of aromatic nitrogens is 3. The standard InChI is InChI=1S/C28H23ClN4O3/c29-24-18-25-27(31-26(24)19-6-8-20(9-7-19)33-14-16-34-17-15-33)32-28(30-25)36-23-12-10-22(11-13-23)35-21-4-2-1-3-5-21/h1-13,18H,14-17H2,(H,30,31,32). The lowest BCUT2D eigenvalue weighted by Gasteiger charge is -2.28. The van der Waals surface area contributed by atoms with Crippen LogP contribution in [0.25, 0.3) is 22.4 Å². The fourth-order valence-electron chi connectivity index (χ4n) is 4.11. The lowest BCUT2D eigenvalue weighted by molar-refractivity contribution is 0.122. The number of rotatable bonds is 6. The van der Waals surface area contributed by atoms with Gasteiger partial charge < -0.3 is 24.1 Å². The number of ether oxygens (including phenoxy) is 3. The van der Waals surface area contributed by atoms with Gasteiger partial charge in [-0.15, -0.1) is 0 Å². The predicted octanol–water partition coefficient (Wildman–Crippen LogP) is 6.70. The number of fused-ring (bicyclic) bond motifs is 1. The number of imidazole rings is 1. The Hall–Kier alpha value is -4.07. The van der Waals surface area contributed by atoms with Crippen molar-refractivity contribution in [3.63, 3.8) is 0 Å². The van der Waals surface area contributed by atoms with Gasteiger partial charge in [-0.05, 0) is 54.6 Å². The smallest absolute Gasteiger partial charge is 0.301 e. The molecule has 1 aliphatic heterocycles. The zero-order valence-electron chi connectivity index (χ0n) is 19.4. The van der Waals surface area contributed by atoms with Crippen molar-refractivity contribution in [3.8, 4) is 34.5 Å². The molecule has 5 aromatic rings. The molecule has 0 amide bonds. The molecule has 0 bridgehead atoms. The Bertz CT molecular complexity index is 1470. The van der Waals surface area contributed by atoms with Crippen molar-refractivity contribution < 1.29 is 14.2 Å². The van der Waals surface area contributed by atoms with Gasteiger partial charge >= 0.3 is 6.01 Å². The first-order valence-electron chi connectivity index (χ1n) is 11.7. The molecule has 0 unspecified atom stereocenters. The van der Waals surface area contributed by atoms with Crippen LogP contribution in [0.1, 0.15) is 0 Å². The number of morpholine rings is 1. The molecule has 8 heteroatoms. The summed E-state index contributed by atoms with van der Waals surface area (Å²) in [7, 11) is 0. The molecule has 0 spiro atoms. The highest BCUT2D eigenvalue weighted by molar-refractivity contribution is 6.33. The van der Waals surface area contributed by atoms with Crippen LogP contribution < -0.4 is 14.4 Å². The van der Waals surface area contributed by atoms with Crippen LogP contribution in [0.5, 0.6) is 23.3 Å². The van der Waals surface area contributed by atoms with E-state index in [1.54, 1.807) is 0 Å². The average molecular weight is 499 g/mol. The van der Waals surface area contributed by atoms with Crippen LogP contribution in [0.2, 0.25) is 5.02 Å². The normalized spacial score (nSPS) is 13.6. The number of para-hydroxylation sites is 1. The molecule has 3 aromatic carbocycles. The van der Waals surface area contributed by atoms with Gasteiger partial charge in [0.15, 0.2) is 5.65 Å². The Morgan fingerprint density at radius 1 is 0.778 bits per heavy atom. The maximum atomic E-state index is 6.59. The Morgan fingerprint density at radius 3 is 2.17 bits per heavy atom. The van der Waals surface area contributed by atoms with E-state index in [4.69, 9.17) is 30.8 Å². The summed E-state index contributed by atoms with van der Waals surface area (Å²) in [5.41, 5.74) is 4.00. The van der Waals surface area contributed by atoms with Crippen molar-refractivity contribution in [2.45, 2.75) is 0 Å². The zero-order valence-corrected chi connectivity index (χ0v) is 20.1. The van der Waals surface area contributed by atoms with Crippen molar-refractivity contribution >= 4 is 28.5 Å². The monoisotopic (exact) mass is 498 g/mol. The van der Waals surface area contributed by atoms with Crippen LogP contribution in [0.4, 0.5) is 5.69 Å². The van der Waals surface area contributed by atoms with Gasteiger partial charge in [0.05, 0.1) is 29.4 Å². The number of hydrogen-bond donors (Lipinski definition) is 1. The lowest BCUT2D eigenvalue weighted by atomic mass is 10.1. The minimum Gasteiger partial charge on any atom is -0.457 e. The summed E-state index contributed by atoms with van der Waals surface area (Å²) in [5, 5.41) is 0.541. The summed E-state index contributed by atoms with van der Waals surface area (Å²) in [6.07, 6.45) is 0. The van der Waals surface area contributed by atoms with Crippen molar-refractivity contribution in [2.24, 2.45) is 0 Å². The maximum Gasteiger partial charge on any atom is 0.301 e. The minimum atomic E-state index is 0.338. The Labute approximate surface area is 213 Å². The van der Waals surface area contributed by atoms with Crippen LogP contribution in [0.15, 0.2) is 84.9 Å². The van der Waals surface area contributed by atoms with Crippen molar-refractivity contribution in [3.05, 3.63) is 90.0 Å². The van der Waals surface area contributed by atoms with E-state index in [0.29, 0.717) is 33.6 Å². The van der Waals surface area contributed by atoms with E-state index >= 15 is 0 Å². The summed E-state index contributed by atoms with van der Waals surface area (Å²) in [6.45, 7) is 3.29. The molecular formula is C28H23ClN4O3. The molecule has 1 N–H and O–H groups in total. The third-order valence-corrected chi connectivity index (χ3v) is 6.23. The molecule has 180 valence electrons. The molecule has 1 aliphatic rings. The molecule has 1 fully saturated rings. The molecule has 7 nitrogen and oxygen atoms in total. The van der Waals surface area contributed by atoms with Gasteiger partial charge in [0.1, 0.15) is 17.2 Å². The molecule has 0 atom stereocenters. The summed E-state index contributed by atoms with van der Waals surface area (Å²) in [5.74, 6) is 2.12. The number of hydrogen-bond acceptors (Lipinski definition) is 6. The van der Waals surface area contributed by atoms with Gasteiger partial charge in [-0.1, -0.05) is 41.9 Å². The number of aromatic amines is 1. The Kier molecular flexibility index (Phi) is 6.15. The van der Waals surface area contributed by atoms with E-state index in [9.17, 15) is 0 Å². The second-order valence-electron chi connectivity index (χ2n) is 8.37. The SMILES string of the molecule is Clc1cc2[nH]c(Oc3ccc(Oc4ccccc4)cc3)nc2nc1-c1ccc(N2CCOCC2)cc1. The first-order valence-corrected chi connectivity index (χ1v) is 12.1. The number of halogens is 1. The third kappa shape index (κ3) is 4.84. The van der Waals surface area contributed by atoms with Gasteiger partial charge in [-0.25, -0.2) is 4.98 Å². The van der Waals surface area contributed by atoms with Crippen LogP contribution in [0, 0.1) is 0 Å². The first-order chi connectivity index (χ1) is 17.7. The Morgan fingerprint density at radius 2 is 1.44 bits per heavy atom. The largest absolute Gasteiger partial charge is 0.457 e. The van der Waals surface area contributed by atoms with Gasteiger partial charge in [-0.3, -0.25) is 0 Å². The molecule has 36 heavy (non-hydrogen) atoms. The minimum absolute atomic E-state index is 0.338. The second-order valence-corrected chi connectivity index (χ2v) is 8.77. The highest BCUT2D eigenvalue weighted by Gasteiger charge is 2.15. The van der Waals surface area contributed by atoms with E-state index in [2.05, 4.69) is 27.0 Å². The molecule has 1 saturated heterocycles. The maximum absolute atomic E-state index is 6.59. The van der Waals surface area contributed by atoms with Crippen LogP contribution >= 0.6 is 11.6 Å². The van der Waals surface area contributed by atoms with Crippen LogP contribution in [-0.4, -0.2) is 41.3 Å². The van der Waals surface area contributed by atoms with E-state index in [1.807, 2.05) is 72.8 Å². The highest BCUT2D eigenvalue weighted by atomic mass is 35.5. The van der Waals surface area contributed by atoms with Crippen molar-refractivity contribution in [1.29, 1.82) is 0 Å². The first kappa shape index (κ1) is 22.4. The van der Waals surface area contributed by atoms with Gasteiger partial charge in [0, 0.05) is 24.3 Å². The van der Waals surface area contributed by atoms with Gasteiger partial charge in [0.25, 0.3) is 0 Å². The summed E-state index contributed by atoms with van der Waals surface area (Å²) >= 11 is 6.59. The third-order valence-electron chi connectivity index (χ3n) is 5.94. The van der Waals surface area contributed by atoms with Gasteiger partial charge in [0.2, 0.25) is 0 Å². The number of nitrogens with one attached hydrogen (secondary N) is 1. The number of anilines is 1. The lowest BCUT2D eigenvalue weighted by Crippen LogP contribution is -2.36. The van der Waals surface area contributed by atoms with Crippen molar-refractivity contribution in [2.75, 3.05) is 31.2 Å². The Balaban J connectivity index is 1.18.